The Bertz CT molecular complexity index is 1160. The molecule has 1 atom stereocenters. The van der Waals surface area contributed by atoms with E-state index in [2.05, 4.69) is 9.98 Å². The van der Waals surface area contributed by atoms with Gasteiger partial charge in [-0.1, -0.05) is 36.4 Å². The molecule has 2 aromatic carbocycles. The fraction of sp³-hybridized carbons (Fsp3) is 0. The molecule has 1 unspecified atom stereocenters. The van der Waals surface area contributed by atoms with Crippen LogP contribution in [0.2, 0.25) is 0 Å². The number of nitrogens with zero attached hydrogens (tertiary/aromatic N) is 3. The Morgan fingerprint density at radius 1 is 1.04 bits per heavy atom. The number of hydrogen-bond donors (Lipinski definition) is 1. The zero-order valence-electron chi connectivity index (χ0n) is 14.8. The lowest BCUT2D eigenvalue weighted by molar-refractivity contribution is -0.750. The number of para-hydroxylation sites is 1. The van der Waals surface area contributed by atoms with Crippen molar-refractivity contribution in [2.75, 3.05) is 0 Å². The van der Waals surface area contributed by atoms with E-state index < -0.39 is 5.82 Å². The first kappa shape index (κ1) is 16.6. The Morgan fingerprint density at radius 2 is 1.86 bits per heavy atom. The molecule has 0 radical (unpaired) electrons. The Morgan fingerprint density at radius 3 is 2.57 bits per heavy atom. The third kappa shape index (κ3) is 2.55. The average Bonchev–Trinajstić information content (AvgIpc) is 2.94. The van der Waals surface area contributed by atoms with Crippen molar-refractivity contribution in [3.63, 3.8) is 0 Å². The molecule has 5 nitrogen and oxygen atoms in total. The Hall–Kier alpha value is -3.61. The maximum absolute atomic E-state index is 15.0. The number of quaternary nitrogens is 1. The molecule has 2 heterocycles. The number of aliphatic imine (C=N–C) groups is 2. The third-order valence-corrected chi connectivity index (χ3v) is 4.78. The second kappa shape index (κ2) is 6.23. The highest BCUT2D eigenvalue weighted by Gasteiger charge is 2.45. The van der Waals surface area contributed by atoms with Crippen LogP contribution >= 0.6 is 0 Å². The summed E-state index contributed by atoms with van der Waals surface area (Å²) in [5.41, 5.74) is 2.68. The van der Waals surface area contributed by atoms with Crippen molar-refractivity contribution in [1.82, 2.24) is 0 Å². The van der Waals surface area contributed by atoms with E-state index in [9.17, 15) is 0 Å². The second-order valence-electron chi connectivity index (χ2n) is 6.56. The summed E-state index contributed by atoms with van der Waals surface area (Å²) in [6.45, 7) is 0. The number of fused-ring (bicyclic) bond motifs is 1. The fourth-order valence-corrected chi connectivity index (χ4v) is 3.29. The first-order valence-electron chi connectivity index (χ1n) is 8.79. The third-order valence-electron chi connectivity index (χ3n) is 4.78. The largest absolute Gasteiger partial charge is 0.457 e. The van der Waals surface area contributed by atoms with Gasteiger partial charge in [-0.2, -0.15) is 10.8 Å². The number of hydrogen-bond acceptors (Lipinski definition) is 4. The van der Waals surface area contributed by atoms with Crippen LogP contribution in [0.4, 0.5) is 4.39 Å². The molecular formula is C22H16FN4O+. The van der Waals surface area contributed by atoms with E-state index in [0.29, 0.717) is 34.3 Å². The van der Waals surface area contributed by atoms with Gasteiger partial charge in [0.15, 0.2) is 0 Å². The van der Waals surface area contributed by atoms with Crippen molar-refractivity contribution in [3.8, 4) is 11.5 Å². The monoisotopic (exact) mass is 371 g/mol. The first-order valence-corrected chi connectivity index (χ1v) is 8.79. The minimum Gasteiger partial charge on any atom is -0.457 e. The van der Waals surface area contributed by atoms with Gasteiger partial charge in [0.1, 0.15) is 29.2 Å². The van der Waals surface area contributed by atoms with Crippen LogP contribution in [0.1, 0.15) is 5.56 Å². The zero-order valence-corrected chi connectivity index (χ0v) is 14.8. The number of benzene rings is 2. The molecule has 2 aromatic rings. The zero-order chi connectivity index (χ0) is 19.1. The van der Waals surface area contributed by atoms with Crippen molar-refractivity contribution in [2.24, 2.45) is 15.8 Å². The summed E-state index contributed by atoms with van der Waals surface area (Å²) >= 11 is 0. The summed E-state index contributed by atoms with van der Waals surface area (Å²) < 4.78 is 20.5. The SMILES string of the molecule is N[N+]12C=CN=CC1=C(C1=CC=C1)N=C2c1ccc(Oc2ccccc2)cc1F. The van der Waals surface area contributed by atoms with E-state index in [1.54, 1.807) is 30.7 Å². The predicted octanol–water partition coefficient (Wildman–Crippen LogP) is 4.33. The molecule has 136 valence electrons. The van der Waals surface area contributed by atoms with Gasteiger partial charge in [-0.25, -0.2) is 4.39 Å². The molecule has 0 bridgehead atoms. The molecule has 5 rings (SSSR count). The van der Waals surface area contributed by atoms with Crippen LogP contribution in [-0.2, 0) is 0 Å². The number of halogens is 1. The highest BCUT2D eigenvalue weighted by Crippen LogP contribution is 2.37. The highest BCUT2D eigenvalue weighted by molar-refractivity contribution is 6.01. The van der Waals surface area contributed by atoms with Gasteiger partial charge in [-0.3, -0.25) is 4.99 Å². The molecule has 0 spiro atoms. The van der Waals surface area contributed by atoms with Crippen LogP contribution < -0.4 is 10.6 Å². The van der Waals surface area contributed by atoms with Crippen molar-refractivity contribution in [2.45, 2.75) is 0 Å². The van der Waals surface area contributed by atoms with Crippen LogP contribution in [0, 0.1) is 5.82 Å². The molecule has 0 saturated carbocycles. The number of allylic oxidation sites excluding steroid dienone is 4. The lowest BCUT2D eigenvalue weighted by Crippen LogP contribution is -2.53. The van der Waals surface area contributed by atoms with Crippen molar-refractivity contribution in [1.29, 1.82) is 0 Å². The summed E-state index contributed by atoms with van der Waals surface area (Å²) in [7, 11) is 0. The van der Waals surface area contributed by atoms with Gasteiger partial charge in [0.2, 0.25) is 5.70 Å². The van der Waals surface area contributed by atoms with E-state index >= 15 is 4.39 Å². The van der Waals surface area contributed by atoms with Crippen LogP contribution in [0.15, 0.2) is 106 Å². The fourth-order valence-electron chi connectivity index (χ4n) is 3.29. The molecule has 3 aliphatic rings. The molecule has 0 amide bonds. The molecule has 0 fully saturated rings. The van der Waals surface area contributed by atoms with Gasteiger partial charge < -0.3 is 4.74 Å². The van der Waals surface area contributed by atoms with Crippen LogP contribution in [-0.4, -0.2) is 16.6 Å². The van der Waals surface area contributed by atoms with E-state index in [1.165, 1.54) is 6.07 Å². The van der Waals surface area contributed by atoms with Gasteiger partial charge in [-0.05, 0) is 24.3 Å². The van der Waals surface area contributed by atoms with E-state index in [4.69, 9.17) is 10.6 Å². The number of amidine groups is 1. The lowest BCUT2D eigenvalue weighted by atomic mass is 10.0. The summed E-state index contributed by atoms with van der Waals surface area (Å²) in [5, 5.41) is 0. The topological polar surface area (TPSA) is 60.0 Å². The molecule has 2 N–H and O–H groups in total. The Labute approximate surface area is 161 Å². The Kier molecular flexibility index (Phi) is 3.68. The summed E-state index contributed by atoms with van der Waals surface area (Å²) in [5.74, 6) is 7.59. The number of nitrogens with two attached hydrogens (primary N) is 1. The summed E-state index contributed by atoms with van der Waals surface area (Å²) in [6, 6.07) is 13.9. The summed E-state index contributed by atoms with van der Waals surface area (Å²) in [6.07, 6.45) is 10.8. The molecule has 1 aliphatic carbocycles. The molecular weight excluding hydrogens is 355 g/mol. The first-order chi connectivity index (χ1) is 13.6. The standard InChI is InChI=1S/C22H16FN4O/c23-19-13-17(28-16-7-2-1-3-8-16)9-10-18(19)22-26-21(15-5-4-6-15)20-14-25-11-12-27(20,22)24/h1-14H,24H2/q+1. The van der Waals surface area contributed by atoms with E-state index in [-0.39, 0.29) is 4.59 Å². The van der Waals surface area contributed by atoms with Crippen LogP contribution in [0.25, 0.3) is 0 Å². The number of ether oxygens (including phenoxy) is 1. The second-order valence-corrected chi connectivity index (χ2v) is 6.56. The van der Waals surface area contributed by atoms with Crippen molar-refractivity contribution < 1.29 is 13.7 Å². The van der Waals surface area contributed by atoms with Gasteiger partial charge in [0.25, 0.3) is 5.84 Å². The molecule has 0 saturated heterocycles. The van der Waals surface area contributed by atoms with Crippen LogP contribution in [0.3, 0.4) is 0 Å². The number of rotatable bonds is 4. The maximum Gasteiger partial charge on any atom is 0.268 e. The minimum absolute atomic E-state index is 0.222. The van der Waals surface area contributed by atoms with Gasteiger partial charge in [0, 0.05) is 11.6 Å². The molecule has 28 heavy (non-hydrogen) atoms. The summed E-state index contributed by atoms with van der Waals surface area (Å²) in [4.78, 5) is 8.84. The maximum atomic E-state index is 15.0. The van der Waals surface area contributed by atoms with Gasteiger partial charge in [-0.15, -0.1) is 4.59 Å². The predicted molar refractivity (Wildman–Crippen MR) is 106 cm³/mol. The van der Waals surface area contributed by atoms with Gasteiger partial charge >= 0.3 is 0 Å². The Balaban J connectivity index is 1.52. The van der Waals surface area contributed by atoms with Gasteiger partial charge in [0.05, 0.1) is 18.0 Å². The molecule has 2 aliphatic heterocycles. The smallest absolute Gasteiger partial charge is 0.268 e. The van der Waals surface area contributed by atoms with Crippen LogP contribution in [0.5, 0.6) is 11.5 Å². The minimum atomic E-state index is -0.454. The van der Waals surface area contributed by atoms with E-state index in [0.717, 1.165) is 5.57 Å². The normalized spacial score (nSPS) is 21.9. The quantitative estimate of drug-likeness (QED) is 0.642. The molecule has 0 aromatic heterocycles. The van der Waals surface area contributed by atoms with E-state index in [1.807, 2.05) is 48.6 Å². The van der Waals surface area contributed by atoms with Crippen molar-refractivity contribution >= 4 is 12.1 Å². The average molecular weight is 371 g/mol. The van der Waals surface area contributed by atoms with Crippen molar-refractivity contribution in [3.05, 3.63) is 108 Å². The highest BCUT2D eigenvalue weighted by atomic mass is 19.1. The molecule has 6 heteroatoms. The lowest BCUT2D eigenvalue weighted by Gasteiger charge is -2.26.